The molecule has 0 bridgehead atoms. The van der Waals surface area contributed by atoms with Crippen LogP contribution in [-0.4, -0.2) is 47.4 Å². The molecule has 3 N–H and O–H groups in total. The Labute approximate surface area is 476 Å². The molecule has 0 spiro atoms. The van der Waals surface area contributed by atoms with Gasteiger partial charge in [0.1, 0.15) is 0 Å². The number of unbranched alkanes of at least 4 members (excludes halogenated alkanes) is 53. The highest BCUT2D eigenvalue weighted by molar-refractivity contribution is 5.76. The van der Waals surface area contributed by atoms with Crippen molar-refractivity contribution in [3.05, 3.63) is 12.2 Å². The maximum atomic E-state index is 12.5. The number of hydrogen-bond donors (Lipinski definition) is 3. The summed E-state index contributed by atoms with van der Waals surface area (Å²) in [6.07, 6.45) is 81.1. The van der Waals surface area contributed by atoms with Crippen molar-refractivity contribution in [2.45, 2.75) is 411 Å². The summed E-state index contributed by atoms with van der Waals surface area (Å²) in [7, 11) is 0. The summed E-state index contributed by atoms with van der Waals surface area (Å²) >= 11 is 0. The monoisotopic (exact) mass is 1070 g/mol. The van der Waals surface area contributed by atoms with Crippen molar-refractivity contribution in [1.29, 1.82) is 0 Å². The standard InChI is InChI=1S/C70H137NO5/c1-3-5-7-9-11-13-15-17-19-21-22-28-31-34-38-42-46-50-54-58-62-68(73)67(66-72)71-69(74)63-59-55-51-47-43-39-35-32-29-26-24-23-25-27-30-33-37-41-45-49-53-57-61-65-76-70(75)64-60-56-52-48-44-40-36-20-18-16-14-12-10-8-6-4-2/h26,29,67-68,72-73H,3-25,27-28,30-66H2,1-2H3,(H,71,74)/b29-26-. The third-order valence-corrected chi connectivity index (χ3v) is 16.6. The lowest BCUT2D eigenvalue weighted by atomic mass is 10.0. The third-order valence-electron chi connectivity index (χ3n) is 16.6. The largest absolute Gasteiger partial charge is 0.466 e. The number of ether oxygens (including phenoxy) is 1. The van der Waals surface area contributed by atoms with Gasteiger partial charge in [-0.3, -0.25) is 9.59 Å². The molecule has 2 unspecified atom stereocenters. The molecule has 0 aliphatic carbocycles. The fourth-order valence-corrected chi connectivity index (χ4v) is 11.2. The highest BCUT2D eigenvalue weighted by Gasteiger charge is 2.20. The van der Waals surface area contributed by atoms with Crippen LogP contribution in [0.3, 0.4) is 0 Å². The van der Waals surface area contributed by atoms with E-state index in [-0.39, 0.29) is 18.5 Å². The summed E-state index contributed by atoms with van der Waals surface area (Å²) in [6.45, 7) is 5.00. The van der Waals surface area contributed by atoms with Crippen molar-refractivity contribution in [2.24, 2.45) is 0 Å². The van der Waals surface area contributed by atoms with Gasteiger partial charge in [-0.25, -0.2) is 0 Å². The molecule has 0 saturated carbocycles. The fraction of sp³-hybridized carbons (Fsp3) is 0.943. The number of aliphatic hydroxyl groups excluding tert-OH is 2. The highest BCUT2D eigenvalue weighted by atomic mass is 16.5. The maximum absolute atomic E-state index is 12.5. The highest BCUT2D eigenvalue weighted by Crippen LogP contribution is 2.19. The molecule has 6 nitrogen and oxygen atoms in total. The number of carbonyl (C=O) groups excluding carboxylic acids is 2. The Bertz CT molecular complexity index is 1140. The van der Waals surface area contributed by atoms with E-state index in [0.717, 1.165) is 38.5 Å². The predicted molar refractivity (Wildman–Crippen MR) is 333 cm³/mol. The molecule has 6 heteroatoms. The number of allylic oxidation sites excluding steroid dienone is 2. The second-order valence-corrected chi connectivity index (χ2v) is 24.2. The van der Waals surface area contributed by atoms with E-state index in [9.17, 15) is 19.8 Å². The maximum Gasteiger partial charge on any atom is 0.305 e. The number of hydrogen-bond acceptors (Lipinski definition) is 5. The number of amides is 1. The summed E-state index contributed by atoms with van der Waals surface area (Å²) < 4.78 is 5.50. The van der Waals surface area contributed by atoms with Gasteiger partial charge < -0.3 is 20.3 Å². The average Bonchev–Trinajstić information content (AvgIpc) is 3.42. The molecular weight excluding hydrogens is 935 g/mol. The van der Waals surface area contributed by atoms with E-state index in [1.807, 2.05) is 0 Å². The molecule has 0 aromatic heterocycles. The van der Waals surface area contributed by atoms with Gasteiger partial charge in [0.15, 0.2) is 0 Å². The van der Waals surface area contributed by atoms with Gasteiger partial charge in [-0.1, -0.05) is 347 Å². The third kappa shape index (κ3) is 61.8. The Balaban J connectivity index is 3.39. The van der Waals surface area contributed by atoms with Crippen LogP contribution in [0.2, 0.25) is 0 Å². The van der Waals surface area contributed by atoms with Crippen LogP contribution in [0.15, 0.2) is 12.2 Å². The number of rotatable bonds is 66. The molecule has 452 valence electrons. The van der Waals surface area contributed by atoms with Crippen LogP contribution in [0.25, 0.3) is 0 Å². The van der Waals surface area contributed by atoms with E-state index < -0.39 is 12.1 Å². The Morgan fingerprint density at radius 1 is 0.355 bits per heavy atom. The molecule has 2 atom stereocenters. The number of aliphatic hydroxyl groups is 2. The zero-order valence-electron chi connectivity index (χ0n) is 51.8. The molecule has 0 radical (unpaired) electrons. The quantitative estimate of drug-likeness (QED) is 0.0320. The van der Waals surface area contributed by atoms with Crippen molar-refractivity contribution in [1.82, 2.24) is 5.32 Å². The topological polar surface area (TPSA) is 95.9 Å². The van der Waals surface area contributed by atoms with Crippen molar-refractivity contribution in [2.75, 3.05) is 13.2 Å². The van der Waals surface area contributed by atoms with Crippen LogP contribution >= 0.6 is 0 Å². The van der Waals surface area contributed by atoms with Crippen LogP contribution in [0, 0.1) is 0 Å². The number of carbonyl (C=O) groups is 2. The van der Waals surface area contributed by atoms with Crippen LogP contribution in [0.4, 0.5) is 0 Å². The van der Waals surface area contributed by atoms with E-state index >= 15 is 0 Å². The lowest BCUT2D eigenvalue weighted by Gasteiger charge is -2.22. The van der Waals surface area contributed by atoms with Gasteiger partial charge in [-0.15, -0.1) is 0 Å². The summed E-state index contributed by atoms with van der Waals surface area (Å²) in [5, 5.41) is 23.4. The van der Waals surface area contributed by atoms with Gasteiger partial charge in [0.25, 0.3) is 0 Å². The molecule has 0 rings (SSSR count). The molecule has 1 amide bonds. The van der Waals surface area contributed by atoms with Gasteiger partial charge >= 0.3 is 5.97 Å². The molecule has 76 heavy (non-hydrogen) atoms. The summed E-state index contributed by atoms with van der Waals surface area (Å²) in [5.41, 5.74) is 0. The smallest absolute Gasteiger partial charge is 0.305 e. The van der Waals surface area contributed by atoms with Gasteiger partial charge in [0, 0.05) is 12.8 Å². The Morgan fingerprint density at radius 2 is 0.618 bits per heavy atom. The summed E-state index contributed by atoms with van der Waals surface area (Å²) in [6, 6.07) is -0.546. The predicted octanol–water partition coefficient (Wildman–Crippen LogP) is 22.4. The lowest BCUT2D eigenvalue weighted by molar-refractivity contribution is -0.143. The van der Waals surface area contributed by atoms with Gasteiger partial charge in [-0.2, -0.15) is 0 Å². The average molecular weight is 1070 g/mol. The Hall–Kier alpha value is -1.40. The SMILES string of the molecule is CCCCCCCCCCCCCCCCCCCCCCC(O)C(CO)NC(=O)CCCCCCCCC/C=C\CCCCCCCCCCCCCCOC(=O)CCCCCCCCCCCCCCCCCC. The van der Waals surface area contributed by atoms with E-state index in [0.29, 0.717) is 25.9 Å². The first kappa shape index (κ1) is 74.6. The van der Waals surface area contributed by atoms with E-state index in [1.165, 1.54) is 327 Å². The van der Waals surface area contributed by atoms with E-state index in [1.54, 1.807) is 0 Å². The minimum absolute atomic E-state index is 0.0161. The molecule has 0 saturated heterocycles. The molecule has 0 aliphatic heterocycles. The minimum Gasteiger partial charge on any atom is -0.466 e. The van der Waals surface area contributed by atoms with Crippen molar-refractivity contribution in [3.8, 4) is 0 Å². The fourth-order valence-electron chi connectivity index (χ4n) is 11.2. The minimum atomic E-state index is -0.668. The van der Waals surface area contributed by atoms with E-state index in [2.05, 4.69) is 31.3 Å². The van der Waals surface area contributed by atoms with Gasteiger partial charge in [0.2, 0.25) is 5.91 Å². The van der Waals surface area contributed by atoms with Crippen LogP contribution in [-0.2, 0) is 14.3 Å². The molecule has 0 aliphatic rings. The van der Waals surface area contributed by atoms with Crippen molar-refractivity contribution in [3.63, 3.8) is 0 Å². The first-order chi connectivity index (χ1) is 37.5. The zero-order chi connectivity index (χ0) is 55.0. The normalized spacial score (nSPS) is 12.5. The number of esters is 1. The lowest BCUT2D eigenvalue weighted by Crippen LogP contribution is -2.45. The second-order valence-electron chi connectivity index (χ2n) is 24.2. The van der Waals surface area contributed by atoms with Crippen LogP contribution < -0.4 is 5.32 Å². The van der Waals surface area contributed by atoms with Crippen molar-refractivity contribution >= 4 is 11.9 Å². The van der Waals surface area contributed by atoms with Crippen molar-refractivity contribution < 1.29 is 24.5 Å². The number of nitrogens with one attached hydrogen (secondary N) is 1. The van der Waals surface area contributed by atoms with Crippen LogP contribution in [0.1, 0.15) is 399 Å². The van der Waals surface area contributed by atoms with E-state index in [4.69, 9.17) is 4.74 Å². The molecule has 0 fully saturated rings. The molecule has 0 aromatic carbocycles. The zero-order valence-corrected chi connectivity index (χ0v) is 51.8. The Morgan fingerprint density at radius 3 is 0.934 bits per heavy atom. The second kappa shape index (κ2) is 66.1. The van der Waals surface area contributed by atoms with Crippen LogP contribution in [0.5, 0.6) is 0 Å². The molecule has 0 aromatic rings. The Kier molecular flexibility index (Phi) is 64.9. The first-order valence-corrected chi connectivity index (χ1v) is 34.9. The van der Waals surface area contributed by atoms with Gasteiger partial charge in [-0.05, 0) is 51.4 Å². The molecule has 0 heterocycles. The van der Waals surface area contributed by atoms with Gasteiger partial charge in [0.05, 0.1) is 25.4 Å². The molecular formula is C70H137NO5. The first-order valence-electron chi connectivity index (χ1n) is 34.9. The summed E-state index contributed by atoms with van der Waals surface area (Å²) in [5.74, 6) is -0.0206. The summed E-state index contributed by atoms with van der Waals surface area (Å²) in [4.78, 5) is 24.6.